The van der Waals surface area contributed by atoms with Crippen molar-refractivity contribution < 1.29 is 22.8 Å². The van der Waals surface area contributed by atoms with E-state index in [0.29, 0.717) is 29.2 Å². The summed E-state index contributed by atoms with van der Waals surface area (Å²) in [4.78, 5) is 29.3. The first kappa shape index (κ1) is 22.9. The summed E-state index contributed by atoms with van der Waals surface area (Å²) in [6.45, 7) is 0.615. The molecule has 0 fully saturated rings. The Morgan fingerprint density at radius 1 is 1.19 bits per heavy atom. The highest BCUT2D eigenvalue weighted by molar-refractivity contribution is 6.32. The van der Waals surface area contributed by atoms with Gasteiger partial charge in [0.2, 0.25) is 5.91 Å². The van der Waals surface area contributed by atoms with E-state index >= 15 is 0 Å². The molecular formula is C20H17Cl2F3N4O2. The largest absolute Gasteiger partial charge is 0.417 e. The lowest BCUT2D eigenvalue weighted by molar-refractivity contribution is -0.137. The minimum Gasteiger partial charge on any atom is -0.369 e. The Morgan fingerprint density at radius 2 is 1.94 bits per heavy atom. The van der Waals surface area contributed by atoms with Crippen molar-refractivity contribution in [3.63, 3.8) is 0 Å². The quantitative estimate of drug-likeness (QED) is 0.672. The fourth-order valence-electron chi connectivity index (χ4n) is 3.11. The van der Waals surface area contributed by atoms with E-state index in [1.165, 1.54) is 11.1 Å². The SMILES string of the molecule is NC(=O)Cc1cnc(C2=CCN(C(=O)Nc3ccc(C(F)(F)F)c(Cl)c3)CC2)c(Cl)c1. The highest BCUT2D eigenvalue weighted by Crippen LogP contribution is 2.36. The summed E-state index contributed by atoms with van der Waals surface area (Å²) >= 11 is 12.0. The summed E-state index contributed by atoms with van der Waals surface area (Å²) in [5.41, 5.74) is 6.37. The van der Waals surface area contributed by atoms with Crippen molar-refractivity contribution in [2.75, 3.05) is 18.4 Å². The minimum atomic E-state index is -4.57. The number of benzene rings is 1. The summed E-state index contributed by atoms with van der Waals surface area (Å²) in [6, 6.07) is 4.19. The van der Waals surface area contributed by atoms with Crippen LogP contribution >= 0.6 is 23.2 Å². The van der Waals surface area contributed by atoms with Gasteiger partial charge in [-0.05, 0) is 41.8 Å². The zero-order chi connectivity index (χ0) is 22.8. The number of rotatable bonds is 4. The van der Waals surface area contributed by atoms with Crippen LogP contribution in [0.4, 0.5) is 23.7 Å². The van der Waals surface area contributed by atoms with Crippen LogP contribution in [0.5, 0.6) is 0 Å². The standard InChI is InChI=1S/C20H17Cl2F3N4O2/c21-15-9-13(1-2-14(15)20(23,24)25)28-19(31)29-5-3-12(4-6-29)18-16(22)7-11(10-27-18)8-17(26)30/h1-3,7,9-10H,4-6,8H2,(H2,26,30)(H,28,31). The Hall–Kier alpha value is -2.78. The van der Waals surface area contributed by atoms with E-state index in [1.807, 2.05) is 0 Å². The van der Waals surface area contributed by atoms with Crippen molar-refractivity contribution in [3.8, 4) is 0 Å². The molecule has 0 unspecified atom stereocenters. The second kappa shape index (κ2) is 9.15. The monoisotopic (exact) mass is 472 g/mol. The normalized spacial score (nSPS) is 14.2. The van der Waals surface area contributed by atoms with Crippen LogP contribution in [0, 0.1) is 0 Å². The Morgan fingerprint density at radius 3 is 2.48 bits per heavy atom. The van der Waals surface area contributed by atoms with Crippen LogP contribution in [0.1, 0.15) is 23.2 Å². The third-order valence-corrected chi connectivity index (χ3v) is 5.20. The Kier molecular flexibility index (Phi) is 6.76. The number of aromatic nitrogens is 1. The molecule has 2 heterocycles. The van der Waals surface area contributed by atoms with E-state index in [1.54, 1.807) is 12.1 Å². The molecule has 2 aromatic rings. The van der Waals surface area contributed by atoms with Crippen LogP contribution in [0.25, 0.3) is 5.57 Å². The summed E-state index contributed by atoms with van der Waals surface area (Å²) < 4.78 is 38.4. The van der Waals surface area contributed by atoms with Gasteiger partial charge in [0.1, 0.15) is 0 Å². The Balaban J connectivity index is 1.65. The molecule has 0 saturated heterocycles. The number of halogens is 5. The maximum atomic E-state index is 12.8. The molecule has 11 heteroatoms. The van der Waals surface area contributed by atoms with Gasteiger partial charge in [0.15, 0.2) is 0 Å². The number of pyridine rings is 1. The maximum absolute atomic E-state index is 12.8. The van der Waals surface area contributed by atoms with E-state index in [0.717, 1.165) is 23.8 Å². The van der Waals surface area contributed by atoms with Crippen molar-refractivity contribution in [1.29, 1.82) is 0 Å². The van der Waals surface area contributed by atoms with Gasteiger partial charge in [0.05, 0.1) is 27.7 Å². The smallest absolute Gasteiger partial charge is 0.369 e. The average Bonchev–Trinajstić information content (AvgIpc) is 2.67. The van der Waals surface area contributed by atoms with Gasteiger partial charge in [0, 0.05) is 25.0 Å². The zero-order valence-electron chi connectivity index (χ0n) is 16.0. The zero-order valence-corrected chi connectivity index (χ0v) is 17.5. The number of nitrogens with zero attached hydrogens (tertiary/aromatic N) is 2. The van der Waals surface area contributed by atoms with Gasteiger partial charge in [-0.3, -0.25) is 9.78 Å². The number of nitrogens with two attached hydrogens (primary N) is 1. The molecule has 31 heavy (non-hydrogen) atoms. The number of anilines is 1. The summed E-state index contributed by atoms with van der Waals surface area (Å²) in [7, 11) is 0. The molecule has 3 amide bonds. The minimum absolute atomic E-state index is 0.0357. The molecular weight excluding hydrogens is 456 g/mol. The van der Waals surface area contributed by atoms with Crippen LogP contribution < -0.4 is 11.1 Å². The first-order chi connectivity index (χ1) is 14.5. The van der Waals surface area contributed by atoms with Gasteiger partial charge in [-0.25, -0.2) is 4.79 Å². The summed E-state index contributed by atoms with van der Waals surface area (Å²) in [5.74, 6) is -0.488. The lowest BCUT2D eigenvalue weighted by Gasteiger charge is -2.27. The fourth-order valence-corrected chi connectivity index (χ4v) is 3.70. The number of hydrogen-bond donors (Lipinski definition) is 2. The second-order valence-corrected chi connectivity index (χ2v) is 7.68. The Bertz CT molecular complexity index is 1060. The molecule has 0 aliphatic carbocycles. The lowest BCUT2D eigenvalue weighted by atomic mass is 10.0. The number of urea groups is 1. The van der Waals surface area contributed by atoms with E-state index in [4.69, 9.17) is 28.9 Å². The molecule has 0 radical (unpaired) electrons. The first-order valence-corrected chi connectivity index (χ1v) is 9.85. The molecule has 6 nitrogen and oxygen atoms in total. The average molecular weight is 473 g/mol. The lowest BCUT2D eigenvalue weighted by Crippen LogP contribution is -2.38. The molecule has 3 rings (SSSR count). The van der Waals surface area contributed by atoms with Crippen molar-refractivity contribution in [2.45, 2.75) is 19.0 Å². The van der Waals surface area contributed by atoms with Crippen LogP contribution in [0.2, 0.25) is 10.0 Å². The predicted molar refractivity (Wildman–Crippen MR) is 112 cm³/mol. The molecule has 1 aromatic carbocycles. The molecule has 0 saturated carbocycles. The molecule has 1 aliphatic heterocycles. The Labute approximate surface area is 185 Å². The number of amides is 3. The molecule has 0 spiro atoms. The third-order valence-electron chi connectivity index (χ3n) is 4.60. The van der Waals surface area contributed by atoms with Gasteiger partial charge >= 0.3 is 12.2 Å². The number of primary amides is 1. The van der Waals surface area contributed by atoms with Crippen LogP contribution in [-0.2, 0) is 17.4 Å². The number of nitrogens with one attached hydrogen (secondary N) is 1. The molecule has 1 aromatic heterocycles. The number of alkyl halides is 3. The van der Waals surface area contributed by atoms with Crippen LogP contribution in [0.3, 0.4) is 0 Å². The van der Waals surface area contributed by atoms with E-state index in [-0.39, 0.29) is 18.7 Å². The second-order valence-electron chi connectivity index (χ2n) is 6.87. The number of hydrogen-bond acceptors (Lipinski definition) is 3. The van der Waals surface area contributed by atoms with E-state index < -0.39 is 28.7 Å². The van der Waals surface area contributed by atoms with Crippen LogP contribution in [0.15, 0.2) is 36.5 Å². The number of carbonyl (C=O) groups excluding carboxylic acids is 2. The predicted octanol–water partition coefficient (Wildman–Crippen LogP) is 4.76. The fraction of sp³-hybridized carbons (Fsp3) is 0.250. The van der Waals surface area contributed by atoms with Crippen molar-refractivity contribution in [3.05, 3.63) is 63.4 Å². The van der Waals surface area contributed by atoms with Gasteiger partial charge in [-0.1, -0.05) is 29.3 Å². The maximum Gasteiger partial charge on any atom is 0.417 e. The number of carbonyl (C=O) groups is 2. The summed E-state index contributed by atoms with van der Waals surface area (Å²) in [6.07, 6.45) is -0.733. The van der Waals surface area contributed by atoms with Crippen molar-refractivity contribution in [1.82, 2.24) is 9.88 Å². The third kappa shape index (κ3) is 5.68. The molecule has 0 atom stereocenters. The molecule has 0 bridgehead atoms. The molecule has 1 aliphatic rings. The van der Waals surface area contributed by atoms with Gasteiger partial charge in [-0.15, -0.1) is 0 Å². The topological polar surface area (TPSA) is 88.3 Å². The van der Waals surface area contributed by atoms with Gasteiger partial charge < -0.3 is 16.0 Å². The highest BCUT2D eigenvalue weighted by atomic mass is 35.5. The first-order valence-electron chi connectivity index (χ1n) is 9.09. The van der Waals surface area contributed by atoms with E-state index in [9.17, 15) is 22.8 Å². The van der Waals surface area contributed by atoms with Crippen molar-refractivity contribution >= 4 is 46.4 Å². The molecule has 164 valence electrons. The summed E-state index contributed by atoms with van der Waals surface area (Å²) in [5, 5.41) is 2.43. The van der Waals surface area contributed by atoms with Gasteiger partial charge in [-0.2, -0.15) is 13.2 Å². The molecule has 3 N–H and O–H groups in total. The highest BCUT2D eigenvalue weighted by Gasteiger charge is 2.33. The van der Waals surface area contributed by atoms with Crippen LogP contribution in [-0.4, -0.2) is 34.9 Å². The van der Waals surface area contributed by atoms with E-state index in [2.05, 4.69) is 10.3 Å². The van der Waals surface area contributed by atoms with Gasteiger partial charge in [0.25, 0.3) is 0 Å². The van der Waals surface area contributed by atoms with Crippen molar-refractivity contribution in [2.24, 2.45) is 5.73 Å².